The van der Waals surface area contributed by atoms with Crippen molar-refractivity contribution in [2.45, 2.75) is 13.5 Å². The Labute approximate surface area is 193 Å². The van der Waals surface area contributed by atoms with Crippen LogP contribution in [0.25, 0.3) is 0 Å². The Hall–Kier alpha value is -2.57. The van der Waals surface area contributed by atoms with Gasteiger partial charge in [0.25, 0.3) is 5.91 Å². The lowest BCUT2D eigenvalue weighted by Crippen LogP contribution is -2.53. The van der Waals surface area contributed by atoms with Crippen LogP contribution in [0, 0.1) is 0 Å². The van der Waals surface area contributed by atoms with E-state index in [2.05, 4.69) is 20.5 Å². The maximum atomic E-state index is 11.9. The summed E-state index contributed by atoms with van der Waals surface area (Å²) in [5, 5.41) is 5.74. The van der Waals surface area contributed by atoms with E-state index in [0.29, 0.717) is 44.9 Å². The first-order valence-corrected chi connectivity index (χ1v) is 9.47. The minimum absolute atomic E-state index is 0. The van der Waals surface area contributed by atoms with Crippen molar-refractivity contribution in [1.29, 1.82) is 0 Å². The second-order valence-corrected chi connectivity index (χ2v) is 6.42. The van der Waals surface area contributed by atoms with Gasteiger partial charge in [-0.15, -0.1) is 24.0 Å². The van der Waals surface area contributed by atoms with E-state index in [1.807, 2.05) is 12.1 Å². The Kier molecular flexibility index (Phi) is 10.9. The molecule has 3 amide bonds. The van der Waals surface area contributed by atoms with Crippen LogP contribution in [0.5, 0.6) is 0 Å². The fraction of sp³-hybridized carbons (Fsp3) is 0.474. The van der Waals surface area contributed by atoms with Gasteiger partial charge in [0.1, 0.15) is 0 Å². The number of hydrogen-bond acceptors (Lipinski definition) is 5. The van der Waals surface area contributed by atoms with Gasteiger partial charge in [0.05, 0.1) is 13.2 Å². The molecule has 2 rings (SSSR count). The smallest absolute Gasteiger partial charge is 0.409 e. The van der Waals surface area contributed by atoms with Crippen molar-refractivity contribution in [2.24, 2.45) is 10.7 Å². The number of primary amides is 1. The predicted molar refractivity (Wildman–Crippen MR) is 124 cm³/mol. The lowest BCUT2D eigenvalue weighted by atomic mass is 10.1. The Balaban J connectivity index is 0.00000450. The third-order valence-electron chi connectivity index (χ3n) is 4.41. The second-order valence-electron chi connectivity index (χ2n) is 6.42. The highest BCUT2D eigenvalue weighted by molar-refractivity contribution is 14.0. The van der Waals surface area contributed by atoms with Crippen LogP contribution in [0.1, 0.15) is 22.8 Å². The number of ether oxygens (including phenoxy) is 1. The first kappa shape index (κ1) is 25.5. The number of benzene rings is 1. The summed E-state index contributed by atoms with van der Waals surface area (Å²) in [5.74, 6) is -0.191. The third-order valence-corrected chi connectivity index (χ3v) is 4.41. The van der Waals surface area contributed by atoms with Gasteiger partial charge < -0.3 is 30.9 Å². The zero-order chi connectivity index (χ0) is 21.2. The maximum Gasteiger partial charge on any atom is 0.409 e. The molecule has 1 aromatic carbocycles. The molecule has 166 valence electrons. The average Bonchev–Trinajstić information content (AvgIpc) is 2.73. The topological polar surface area (TPSA) is 129 Å². The predicted octanol–water partition coefficient (Wildman–Crippen LogP) is 0.369. The molecule has 0 spiro atoms. The lowest BCUT2D eigenvalue weighted by Gasteiger charge is -2.35. The highest BCUT2D eigenvalue weighted by Crippen LogP contribution is 2.07. The Bertz CT molecular complexity index is 748. The van der Waals surface area contributed by atoms with Crippen LogP contribution in [0.2, 0.25) is 0 Å². The van der Waals surface area contributed by atoms with Crippen molar-refractivity contribution in [3.63, 3.8) is 0 Å². The quantitative estimate of drug-likeness (QED) is 0.276. The van der Waals surface area contributed by atoms with E-state index >= 15 is 0 Å². The van der Waals surface area contributed by atoms with Crippen molar-refractivity contribution in [3.05, 3.63) is 35.4 Å². The average molecular weight is 532 g/mol. The molecule has 10 nitrogen and oxygen atoms in total. The molecule has 0 aromatic heterocycles. The molecule has 4 N–H and O–H groups in total. The fourth-order valence-electron chi connectivity index (χ4n) is 2.87. The zero-order valence-corrected chi connectivity index (χ0v) is 19.5. The summed E-state index contributed by atoms with van der Waals surface area (Å²) in [7, 11) is 1.71. The zero-order valence-electron chi connectivity index (χ0n) is 17.2. The number of rotatable bonds is 6. The van der Waals surface area contributed by atoms with E-state index in [1.54, 1.807) is 31.0 Å². The standard InChI is InChI=1S/C19H28N6O4.HI/c1-3-29-19(28)25-10-8-24(9-11-25)18(21-2)23-12-14-4-6-15(7-5-14)17(27)22-13-16(20)26;/h4-7H,3,8-13H2,1-2H3,(H2,20,26)(H,21,23)(H,22,27);1H. The lowest BCUT2D eigenvalue weighted by molar-refractivity contribution is -0.117. The molecule has 1 heterocycles. The number of nitrogens with two attached hydrogens (primary N) is 1. The second kappa shape index (κ2) is 12.9. The number of piperazine rings is 1. The number of guanidine groups is 1. The van der Waals surface area contributed by atoms with Gasteiger partial charge in [-0.05, 0) is 24.6 Å². The van der Waals surface area contributed by atoms with Gasteiger partial charge in [0.15, 0.2) is 5.96 Å². The van der Waals surface area contributed by atoms with Crippen molar-refractivity contribution in [1.82, 2.24) is 20.4 Å². The summed E-state index contributed by atoms with van der Waals surface area (Å²) in [6.07, 6.45) is -0.282. The van der Waals surface area contributed by atoms with Gasteiger partial charge in [-0.3, -0.25) is 14.6 Å². The number of carbonyl (C=O) groups excluding carboxylic acids is 3. The molecule has 1 aliphatic rings. The number of amides is 3. The molecule has 1 saturated heterocycles. The molecule has 30 heavy (non-hydrogen) atoms. The van der Waals surface area contributed by atoms with Crippen LogP contribution in [-0.2, 0) is 16.1 Å². The molecule has 1 aliphatic heterocycles. The normalized spacial score (nSPS) is 13.9. The molecule has 1 aromatic rings. The molecular formula is C19H29IN6O4. The van der Waals surface area contributed by atoms with Gasteiger partial charge in [-0.1, -0.05) is 12.1 Å². The van der Waals surface area contributed by atoms with Gasteiger partial charge in [0.2, 0.25) is 5.91 Å². The van der Waals surface area contributed by atoms with Crippen LogP contribution < -0.4 is 16.4 Å². The van der Waals surface area contributed by atoms with E-state index in [9.17, 15) is 14.4 Å². The third kappa shape index (κ3) is 7.69. The molecule has 0 unspecified atom stereocenters. The van der Waals surface area contributed by atoms with Crippen LogP contribution in [0.4, 0.5) is 4.79 Å². The number of nitrogens with one attached hydrogen (secondary N) is 2. The maximum absolute atomic E-state index is 11.9. The molecule has 1 fully saturated rings. The SMILES string of the molecule is CCOC(=O)N1CCN(C(=NC)NCc2ccc(C(=O)NCC(N)=O)cc2)CC1.I. The molecule has 0 atom stereocenters. The van der Waals surface area contributed by atoms with E-state index in [4.69, 9.17) is 10.5 Å². The number of aliphatic imine (C=N–C) groups is 1. The summed E-state index contributed by atoms with van der Waals surface area (Å²) in [6, 6.07) is 7.04. The molecule has 0 saturated carbocycles. The van der Waals surface area contributed by atoms with E-state index in [-0.39, 0.29) is 42.5 Å². The highest BCUT2D eigenvalue weighted by atomic mass is 127. The summed E-state index contributed by atoms with van der Waals surface area (Å²) in [5.41, 5.74) is 6.45. The Morgan fingerprint density at radius 1 is 1.07 bits per heavy atom. The largest absolute Gasteiger partial charge is 0.450 e. The number of nitrogens with zero attached hydrogens (tertiary/aromatic N) is 3. The summed E-state index contributed by atoms with van der Waals surface area (Å²) in [4.78, 5) is 42.5. The van der Waals surface area contributed by atoms with Crippen molar-refractivity contribution in [3.8, 4) is 0 Å². The van der Waals surface area contributed by atoms with Crippen molar-refractivity contribution in [2.75, 3.05) is 46.4 Å². The highest BCUT2D eigenvalue weighted by Gasteiger charge is 2.23. The summed E-state index contributed by atoms with van der Waals surface area (Å²) < 4.78 is 5.03. The number of halogens is 1. The Morgan fingerprint density at radius 2 is 1.67 bits per heavy atom. The van der Waals surface area contributed by atoms with Gasteiger partial charge >= 0.3 is 6.09 Å². The molecule has 0 radical (unpaired) electrons. The van der Waals surface area contributed by atoms with E-state index in [1.165, 1.54) is 0 Å². The fourth-order valence-corrected chi connectivity index (χ4v) is 2.87. The first-order valence-electron chi connectivity index (χ1n) is 9.47. The van der Waals surface area contributed by atoms with Gasteiger partial charge in [0, 0.05) is 45.3 Å². The van der Waals surface area contributed by atoms with Crippen molar-refractivity contribution >= 4 is 47.8 Å². The minimum atomic E-state index is -0.589. The molecule has 0 bridgehead atoms. The molecular weight excluding hydrogens is 503 g/mol. The van der Waals surface area contributed by atoms with E-state index < -0.39 is 5.91 Å². The number of hydrogen-bond donors (Lipinski definition) is 3. The number of carbonyl (C=O) groups is 3. The minimum Gasteiger partial charge on any atom is -0.450 e. The first-order chi connectivity index (χ1) is 13.9. The van der Waals surface area contributed by atoms with Gasteiger partial charge in [-0.2, -0.15) is 0 Å². The van der Waals surface area contributed by atoms with Crippen LogP contribution in [-0.4, -0.2) is 80.0 Å². The molecule has 0 aliphatic carbocycles. The van der Waals surface area contributed by atoms with Gasteiger partial charge in [-0.25, -0.2) is 4.79 Å². The molecule has 11 heteroatoms. The van der Waals surface area contributed by atoms with Crippen molar-refractivity contribution < 1.29 is 19.1 Å². The Morgan fingerprint density at radius 3 is 2.20 bits per heavy atom. The van der Waals surface area contributed by atoms with Crippen LogP contribution in [0.15, 0.2) is 29.3 Å². The monoisotopic (exact) mass is 532 g/mol. The van der Waals surface area contributed by atoms with E-state index in [0.717, 1.165) is 11.5 Å². The van der Waals surface area contributed by atoms with Crippen LogP contribution in [0.3, 0.4) is 0 Å². The van der Waals surface area contributed by atoms with Crippen LogP contribution >= 0.6 is 24.0 Å². The summed E-state index contributed by atoms with van der Waals surface area (Å²) in [6.45, 7) is 4.99. The summed E-state index contributed by atoms with van der Waals surface area (Å²) >= 11 is 0.